The number of aryl methyl sites for hydroxylation is 1. The number of hydrogen-bond donors (Lipinski definition) is 0. The van der Waals surface area contributed by atoms with Crippen molar-refractivity contribution >= 4 is 0 Å². The van der Waals surface area contributed by atoms with Crippen LogP contribution in [0.15, 0.2) is 36.4 Å². The summed E-state index contributed by atoms with van der Waals surface area (Å²) in [4.78, 5) is 0. The minimum atomic E-state index is -4.81. The van der Waals surface area contributed by atoms with Gasteiger partial charge >= 0.3 is 6.36 Å². The quantitative estimate of drug-likeness (QED) is 0.322. The summed E-state index contributed by atoms with van der Waals surface area (Å²) in [7, 11) is 0. The molecule has 6 heteroatoms. The molecule has 0 amide bonds. The zero-order valence-corrected chi connectivity index (χ0v) is 21.1. The van der Waals surface area contributed by atoms with E-state index in [-0.39, 0.29) is 11.1 Å². The second kappa shape index (κ2) is 12.0. The van der Waals surface area contributed by atoms with E-state index in [1.807, 2.05) is 0 Å². The van der Waals surface area contributed by atoms with E-state index in [1.54, 1.807) is 0 Å². The Morgan fingerprint density at radius 3 is 1.72 bits per heavy atom. The fourth-order valence-electron chi connectivity index (χ4n) is 6.54. The van der Waals surface area contributed by atoms with Crippen LogP contribution in [-0.2, 0) is 6.42 Å². The number of hydrogen-bond acceptors (Lipinski definition) is 1. The maximum atomic E-state index is 14.8. The first-order valence-electron chi connectivity index (χ1n) is 13.6. The summed E-state index contributed by atoms with van der Waals surface area (Å²) >= 11 is 0. The zero-order valence-electron chi connectivity index (χ0n) is 21.1. The van der Waals surface area contributed by atoms with E-state index in [1.165, 1.54) is 88.5 Å². The Labute approximate surface area is 211 Å². The normalized spacial score (nSPS) is 25.1. The molecule has 0 atom stereocenters. The summed E-state index contributed by atoms with van der Waals surface area (Å²) in [6.07, 6.45) is 9.97. The Hall–Kier alpha value is -2.11. The van der Waals surface area contributed by atoms with Gasteiger partial charge in [0, 0.05) is 0 Å². The molecule has 0 aliphatic heterocycles. The van der Waals surface area contributed by atoms with Gasteiger partial charge in [0.1, 0.15) is 17.4 Å². The minimum absolute atomic E-state index is 0.174. The summed E-state index contributed by atoms with van der Waals surface area (Å²) in [5.41, 5.74) is 0.571. The third kappa shape index (κ3) is 7.23. The lowest BCUT2D eigenvalue weighted by Crippen LogP contribution is -2.26. The molecule has 2 aromatic carbocycles. The summed E-state index contributed by atoms with van der Waals surface area (Å²) in [5, 5.41) is 0. The van der Waals surface area contributed by atoms with Crippen molar-refractivity contribution in [2.45, 2.75) is 90.3 Å². The predicted molar refractivity (Wildman–Crippen MR) is 133 cm³/mol. The second-order valence-electron chi connectivity index (χ2n) is 10.9. The average molecular weight is 509 g/mol. The molecule has 2 aliphatic carbocycles. The molecule has 2 saturated carbocycles. The van der Waals surface area contributed by atoms with Crippen LogP contribution in [0.4, 0.5) is 22.0 Å². The molecule has 2 aliphatic rings. The van der Waals surface area contributed by atoms with Crippen LogP contribution in [0.1, 0.15) is 83.1 Å². The van der Waals surface area contributed by atoms with Crippen molar-refractivity contribution < 1.29 is 26.7 Å². The molecule has 198 valence electrons. The van der Waals surface area contributed by atoms with E-state index in [0.29, 0.717) is 17.9 Å². The van der Waals surface area contributed by atoms with Crippen LogP contribution in [0.5, 0.6) is 5.75 Å². The summed E-state index contributed by atoms with van der Waals surface area (Å²) in [6.45, 7) is 2.28. The van der Waals surface area contributed by atoms with Gasteiger partial charge in [-0.25, -0.2) is 8.78 Å². The van der Waals surface area contributed by atoms with Crippen molar-refractivity contribution in [3.63, 3.8) is 0 Å². The Balaban J connectivity index is 1.27. The van der Waals surface area contributed by atoms with E-state index >= 15 is 0 Å². The van der Waals surface area contributed by atoms with Gasteiger partial charge < -0.3 is 4.74 Å². The molecule has 4 rings (SSSR count). The highest BCUT2D eigenvalue weighted by Gasteiger charge is 2.32. The van der Waals surface area contributed by atoms with Crippen molar-refractivity contribution in [2.75, 3.05) is 0 Å². The van der Waals surface area contributed by atoms with Crippen molar-refractivity contribution in [1.29, 1.82) is 0 Å². The Bertz CT molecular complexity index is 945. The fourth-order valence-corrected chi connectivity index (χ4v) is 6.54. The lowest BCUT2D eigenvalue weighted by molar-refractivity contribution is -0.274. The molecular formula is C30H37F5O. The number of halogens is 5. The minimum Gasteiger partial charge on any atom is -0.406 e. The van der Waals surface area contributed by atoms with Crippen LogP contribution in [0.3, 0.4) is 0 Å². The summed E-state index contributed by atoms with van der Waals surface area (Å²) in [6, 6.07) is 7.30. The first-order valence-corrected chi connectivity index (χ1v) is 13.6. The largest absolute Gasteiger partial charge is 0.573 e. The fraction of sp³-hybridized carbons (Fsp3) is 0.600. The third-order valence-electron chi connectivity index (χ3n) is 8.47. The lowest BCUT2D eigenvalue weighted by atomic mass is 9.68. The van der Waals surface area contributed by atoms with Gasteiger partial charge in [0.25, 0.3) is 0 Å². The first-order chi connectivity index (χ1) is 17.2. The molecular weight excluding hydrogens is 471 g/mol. The van der Waals surface area contributed by atoms with Crippen LogP contribution in [0.25, 0.3) is 11.1 Å². The lowest BCUT2D eigenvalue weighted by Gasteiger charge is -2.38. The van der Waals surface area contributed by atoms with Crippen LogP contribution in [0.2, 0.25) is 0 Å². The maximum absolute atomic E-state index is 14.8. The van der Waals surface area contributed by atoms with E-state index in [9.17, 15) is 22.0 Å². The van der Waals surface area contributed by atoms with Gasteiger partial charge in [-0.1, -0.05) is 57.6 Å². The summed E-state index contributed by atoms with van der Waals surface area (Å²) in [5.74, 6) is 1.47. The first kappa shape index (κ1) is 26.9. The van der Waals surface area contributed by atoms with Crippen molar-refractivity contribution in [3.8, 4) is 16.9 Å². The molecule has 1 nitrogen and oxygen atoms in total. The van der Waals surface area contributed by atoms with Gasteiger partial charge in [-0.15, -0.1) is 13.2 Å². The zero-order chi connectivity index (χ0) is 25.7. The predicted octanol–water partition coefficient (Wildman–Crippen LogP) is 9.88. The van der Waals surface area contributed by atoms with Gasteiger partial charge in [-0.05, 0) is 97.6 Å². The van der Waals surface area contributed by atoms with Crippen molar-refractivity contribution in [2.24, 2.45) is 23.7 Å². The number of alkyl halides is 3. The monoisotopic (exact) mass is 508 g/mol. The third-order valence-corrected chi connectivity index (χ3v) is 8.47. The van der Waals surface area contributed by atoms with E-state index in [4.69, 9.17) is 0 Å². The Morgan fingerprint density at radius 2 is 1.25 bits per heavy atom. The molecule has 0 bridgehead atoms. The van der Waals surface area contributed by atoms with Gasteiger partial charge in [0.15, 0.2) is 0 Å². The molecule has 0 aromatic heterocycles. The van der Waals surface area contributed by atoms with Crippen LogP contribution in [-0.4, -0.2) is 6.36 Å². The highest BCUT2D eigenvalue weighted by atomic mass is 19.4. The van der Waals surface area contributed by atoms with E-state index in [2.05, 4.69) is 11.7 Å². The Morgan fingerprint density at radius 1 is 0.750 bits per heavy atom. The molecule has 0 saturated heterocycles. The molecule has 0 radical (unpaired) electrons. The second-order valence-corrected chi connectivity index (χ2v) is 10.9. The average Bonchev–Trinajstić information content (AvgIpc) is 2.84. The maximum Gasteiger partial charge on any atom is 0.573 e. The van der Waals surface area contributed by atoms with Crippen LogP contribution < -0.4 is 4.74 Å². The number of benzene rings is 2. The Kier molecular flexibility index (Phi) is 8.95. The summed E-state index contributed by atoms with van der Waals surface area (Å²) < 4.78 is 70.5. The van der Waals surface area contributed by atoms with Gasteiger partial charge in [0.2, 0.25) is 0 Å². The van der Waals surface area contributed by atoms with Crippen LogP contribution >= 0.6 is 0 Å². The molecule has 0 unspecified atom stereocenters. The van der Waals surface area contributed by atoms with E-state index in [0.717, 1.165) is 36.3 Å². The smallest absolute Gasteiger partial charge is 0.406 e. The van der Waals surface area contributed by atoms with Crippen molar-refractivity contribution in [3.05, 3.63) is 53.6 Å². The molecule has 0 heterocycles. The molecule has 2 aromatic rings. The molecule has 36 heavy (non-hydrogen) atoms. The van der Waals surface area contributed by atoms with Gasteiger partial charge in [-0.3, -0.25) is 0 Å². The standard InChI is InChI=1S/C30H37F5O/c1-2-3-20-6-10-23(11-7-20)24-12-8-21(9-13-24)4-5-22-18-27(31)29(28(32)19-22)25-14-16-26(17-15-25)36-30(33,34)35/h14-21,23-24H,2-13H2,1H3. The van der Waals surface area contributed by atoms with Crippen LogP contribution in [0, 0.1) is 35.3 Å². The molecule has 0 spiro atoms. The number of rotatable bonds is 8. The van der Waals surface area contributed by atoms with Crippen molar-refractivity contribution in [1.82, 2.24) is 0 Å². The van der Waals surface area contributed by atoms with Gasteiger partial charge in [0.05, 0.1) is 5.56 Å². The SMILES string of the molecule is CCCC1CCC(C2CCC(CCc3cc(F)c(-c4ccc(OC(F)(F)F)cc4)c(F)c3)CC2)CC1. The molecule has 0 N–H and O–H groups in total. The van der Waals surface area contributed by atoms with E-state index < -0.39 is 23.7 Å². The number of ether oxygens (including phenoxy) is 1. The highest BCUT2D eigenvalue weighted by Crippen LogP contribution is 2.43. The highest BCUT2D eigenvalue weighted by molar-refractivity contribution is 5.66. The van der Waals surface area contributed by atoms with Gasteiger partial charge in [-0.2, -0.15) is 0 Å². The molecule has 2 fully saturated rings. The topological polar surface area (TPSA) is 9.23 Å².